The Morgan fingerprint density at radius 1 is 1.26 bits per heavy atom. The highest BCUT2D eigenvalue weighted by atomic mass is 32.2. The Labute approximate surface area is 140 Å². The number of sulfonamides is 1. The molecule has 7 nitrogen and oxygen atoms in total. The van der Waals surface area contributed by atoms with Gasteiger partial charge in [0.2, 0.25) is 10.0 Å². The predicted octanol–water partition coefficient (Wildman–Crippen LogP) is 1.30. The lowest BCUT2D eigenvalue weighted by Crippen LogP contribution is -2.39. The SMILES string of the molecule is CCNS(=O)(=O)CCNC1CCCN(C(=O)OC(C)(C)C)CC1. The molecule has 1 aliphatic rings. The van der Waals surface area contributed by atoms with E-state index in [1.54, 1.807) is 11.8 Å². The van der Waals surface area contributed by atoms with Gasteiger partial charge < -0.3 is 15.0 Å². The number of likely N-dealkylation sites (tertiary alicyclic amines) is 1. The largest absolute Gasteiger partial charge is 0.444 e. The van der Waals surface area contributed by atoms with Crippen LogP contribution in [0.2, 0.25) is 0 Å². The van der Waals surface area contributed by atoms with Crippen molar-refractivity contribution < 1.29 is 17.9 Å². The summed E-state index contributed by atoms with van der Waals surface area (Å²) in [6.07, 6.45) is 2.35. The van der Waals surface area contributed by atoms with Crippen LogP contribution in [0.1, 0.15) is 47.0 Å². The summed E-state index contributed by atoms with van der Waals surface area (Å²) in [7, 11) is -3.18. The van der Waals surface area contributed by atoms with E-state index in [4.69, 9.17) is 4.74 Å². The van der Waals surface area contributed by atoms with Crippen LogP contribution in [0.15, 0.2) is 0 Å². The zero-order valence-electron chi connectivity index (χ0n) is 14.7. The smallest absolute Gasteiger partial charge is 0.410 e. The lowest BCUT2D eigenvalue weighted by Gasteiger charge is -2.26. The number of rotatable bonds is 6. The van der Waals surface area contributed by atoms with Gasteiger partial charge in [-0.15, -0.1) is 0 Å². The lowest BCUT2D eigenvalue weighted by molar-refractivity contribution is 0.0256. The van der Waals surface area contributed by atoms with Gasteiger partial charge in [0.05, 0.1) is 5.75 Å². The number of hydrogen-bond donors (Lipinski definition) is 2. The Morgan fingerprint density at radius 2 is 1.96 bits per heavy atom. The third-order valence-electron chi connectivity index (χ3n) is 3.55. The molecule has 2 N–H and O–H groups in total. The molecule has 0 aliphatic carbocycles. The van der Waals surface area contributed by atoms with Crippen LogP contribution < -0.4 is 10.0 Å². The summed E-state index contributed by atoms with van der Waals surface area (Å²) in [5.41, 5.74) is -0.484. The molecule has 1 aliphatic heterocycles. The van der Waals surface area contributed by atoms with Crippen molar-refractivity contribution in [1.82, 2.24) is 14.9 Å². The predicted molar refractivity (Wildman–Crippen MR) is 90.9 cm³/mol. The van der Waals surface area contributed by atoms with Crippen LogP contribution in [0.4, 0.5) is 4.79 Å². The summed E-state index contributed by atoms with van der Waals surface area (Å²) in [5, 5.41) is 3.29. The Bertz CT molecular complexity index is 474. The molecule has 8 heteroatoms. The summed E-state index contributed by atoms with van der Waals surface area (Å²) in [5.74, 6) is 0.0765. The van der Waals surface area contributed by atoms with Gasteiger partial charge in [0, 0.05) is 32.2 Å². The molecule has 1 heterocycles. The first-order valence-corrected chi connectivity index (χ1v) is 9.97. The fraction of sp³-hybridized carbons (Fsp3) is 0.933. The second-order valence-corrected chi connectivity index (χ2v) is 8.79. The molecular weight excluding hydrogens is 318 g/mol. The van der Waals surface area contributed by atoms with Gasteiger partial charge in [-0.25, -0.2) is 17.9 Å². The summed E-state index contributed by atoms with van der Waals surface area (Å²) in [6.45, 7) is 9.49. The van der Waals surface area contributed by atoms with Crippen LogP contribution >= 0.6 is 0 Å². The van der Waals surface area contributed by atoms with Crippen molar-refractivity contribution in [2.24, 2.45) is 0 Å². The van der Waals surface area contributed by atoms with Crippen molar-refractivity contribution in [3.8, 4) is 0 Å². The molecule has 0 aromatic rings. The van der Waals surface area contributed by atoms with Crippen LogP contribution in [0.3, 0.4) is 0 Å². The third kappa shape index (κ3) is 8.53. The molecule has 23 heavy (non-hydrogen) atoms. The van der Waals surface area contributed by atoms with Crippen molar-refractivity contribution in [2.75, 3.05) is 31.9 Å². The van der Waals surface area contributed by atoms with E-state index in [9.17, 15) is 13.2 Å². The molecule has 0 spiro atoms. The van der Waals surface area contributed by atoms with Gasteiger partial charge in [0.25, 0.3) is 0 Å². The monoisotopic (exact) mass is 349 g/mol. The summed E-state index contributed by atoms with van der Waals surface area (Å²) >= 11 is 0. The molecule has 1 atom stereocenters. The maximum absolute atomic E-state index is 12.1. The Kier molecular flexibility index (Phi) is 7.76. The van der Waals surface area contributed by atoms with E-state index in [2.05, 4.69) is 10.0 Å². The van der Waals surface area contributed by atoms with Gasteiger partial charge in [-0.1, -0.05) is 6.92 Å². The molecule has 1 amide bonds. The van der Waals surface area contributed by atoms with Crippen LogP contribution in [0, 0.1) is 0 Å². The topological polar surface area (TPSA) is 87.7 Å². The van der Waals surface area contributed by atoms with Gasteiger partial charge >= 0.3 is 6.09 Å². The minimum absolute atomic E-state index is 0.0765. The van der Waals surface area contributed by atoms with Crippen molar-refractivity contribution in [3.05, 3.63) is 0 Å². The lowest BCUT2D eigenvalue weighted by atomic mass is 10.1. The molecule has 0 bridgehead atoms. The molecule has 136 valence electrons. The number of nitrogens with zero attached hydrogens (tertiary/aromatic N) is 1. The Hall–Kier alpha value is -0.860. The van der Waals surface area contributed by atoms with Gasteiger partial charge in [-0.05, 0) is 40.0 Å². The number of nitrogens with one attached hydrogen (secondary N) is 2. The summed E-state index contributed by atoms with van der Waals surface area (Å²) < 4.78 is 31.1. The maximum Gasteiger partial charge on any atom is 0.410 e. The highest BCUT2D eigenvalue weighted by Crippen LogP contribution is 2.15. The third-order valence-corrected chi connectivity index (χ3v) is 5.02. The first kappa shape index (κ1) is 20.2. The fourth-order valence-electron chi connectivity index (χ4n) is 2.50. The van der Waals surface area contributed by atoms with Crippen LogP contribution in [-0.2, 0) is 14.8 Å². The molecule has 1 fully saturated rings. The van der Waals surface area contributed by atoms with E-state index in [0.29, 0.717) is 26.2 Å². The van der Waals surface area contributed by atoms with Crippen LogP contribution in [0.25, 0.3) is 0 Å². The quantitative estimate of drug-likeness (QED) is 0.755. The van der Waals surface area contributed by atoms with Crippen LogP contribution in [-0.4, -0.2) is 63.0 Å². The van der Waals surface area contributed by atoms with Crippen molar-refractivity contribution >= 4 is 16.1 Å². The van der Waals surface area contributed by atoms with Gasteiger partial charge in [-0.2, -0.15) is 0 Å². The molecule has 0 aromatic heterocycles. The first-order chi connectivity index (χ1) is 10.6. The molecule has 1 rings (SSSR count). The van der Waals surface area contributed by atoms with Crippen molar-refractivity contribution in [2.45, 2.75) is 58.6 Å². The average molecular weight is 349 g/mol. The zero-order valence-corrected chi connectivity index (χ0v) is 15.5. The summed E-state index contributed by atoms with van der Waals surface area (Å²) in [4.78, 5) is 13.8. The molecule has 0 aromatic carbocycles. The second-order valence-electron chi connectivity index (χ2n) is 6.87. The molecule has 0 radical (unpaired) electrons. The van der Waals surface area contributed by atoms with Gasteiger partial charge in [0.1, 0.15) is 5.60 Å². The molecule has 1 unspecified atom stereocenters. The van der Waals surface area contributed by atoms with E-state index in [0.717, 1.165) is 19.3 Å². The second kappa shape index (κ2) is 8.84. The van der Waals surface area contributed by atoms with E-state index >= 15 is 0 Å². The minimum atomic E-state index is -3.18. The highest BCUT2D eigenvalue weighted by Gasteiger charge is 2.25. The van der Waals surface area contributed by atoms with Crippen molar-refractivity contribution in [1.29, 1.82) is 0 Å². The normalized spacial score (nSPS) is 20.2. The molecule has 0 saturated carbocycles. The summed E-state index contributed by atoms with van der Waals surface area (Å²) in [6, 6.07) is 0.235. The average Bonchev–Trinajstić information content (AvgIpc) is 2.62. The number of amides is 1. The van der Waals surface area contributed by atoms with Gasteiger partial charge in [-0.3, -0.25) is 0 Å². The Morgan fingerprint density at radius 3 is 2.57 bits per heavy atom. The molecule has 1 saturated heterocycles. The Balaban J connectivity index is 2.37. The zero-order chi connectivity index (χ0) is 17.5. The fourth-order valence-corrected chi connectivity index (χ4v) is 3.47. The van der Waals surface area contributed by atoms with Crippen molar-refractivity contribution in [3.63, 3.8) is 0 Å². The number of ether oxygens (including phenoxy) is 1. The number of carbonyl (C=O) groups is 1. The van der Waals surface area contributed by atoms with E-state index in [1.807, 2.05) is 20.8 Å². The number of carbonyl (C=O) groups excluding carboxylic acids is 1. The van der Waals surface area contributed by atoms with E-state index < -0.39 is 15.6 Å². The first-order valence-electron chi connectivity index (χ1n) is 8.31. The number of hydrogen-bond acceptors (Lipinski definition) is 5. The van der Waals surface area contributed by atoms with Gasteiger partial charge in [0.15, 0.2) is 0 Å². The maximum atomic E-state index is 12.1. The van der Waals surface area contributed by atoms with Crippen LogP contribution in [0.5, 0.6) is 0 Å². The minimum Gasteiger partial charge on any atom is -0.444 e. The highest BCUT2D eigenvalue weighted by molar-refractivity contribution is 7.89. The van der Waals surface area contributed by atoms with E-state index in [-0.39, 0.29) is 17.9 Å². The standard InChI is InChI=1S/C15H31N3O4S/c1-5-17-23(20,21)12-9-16-13-7-6-10-18(11-8-13)14(19)22-15(2,3)4/h13,16-17H,5-12H2,1-4H3. The molecular formula is C15H31N3O4S. The van der Waals surface area contributed by atoms with E-state index in [1.165, 1.54) is 0 Å².